The minimum absolute atomic E-state index is 0.211. The normalized spacial score (nSPS) is 22.0. The molecule has 0 heterocycles. The van der Waals surface area contributed by atoms with Crippen LogP contribution in [-0.2, 0) is 4.79 Å². The van der Waals surface area contributed by atoms with Gasteiger partial charge in [0.2, 0.25) is 5.91 Å². The first-order valence-corrected chi connectivity index (χ1v) is 8.49. The van der Waals surface area contributed by atoms with E-state index in [9.17, 15) is 4.79 Å². The molecule has 0 aromatic heterocycles. The molecule has 0 saturated heterocycles. The molecule has 0 unspecified atom stereocenters. The number of nitrogens with one attached hydrogen (secondary N) is 1. The highest BCUT2D eigenvalue weighted by Gasteiger charge is 2.26. The summed E-state index contributed by atoms with van der Waals surface area (Å²) < 4.78 is 0. The van der Waals surface area contributed by atoms with Gasteiger partial charge in [-0.25, -0.2) is 0 Å². The van der Waals surface area contributed by atoms with Crippen molar-refractivity contribution in [1.29, 1.82) is 0 Å². The van der Waals surface area contributed by atoms with Crippen molar-refractivity contribution in [3.8, 4) is 0 Å². The average Bonchev–Trinajstić information content (AvgIpc) is 2.50. The Kier molecular flexibility index (Phi) is 5.84. The second-order valence-corrected chi connectivity index (χ2v) is 6.60. The summed E-state index contributed by atoms with van der Waals surface area (Å²) in [6.07, 6.45) is 8.55. The van der Waals surface area contributed by atoms with Gasteiger partial charge in [0.25, 0.3) is 0 Å². The summed E-state index contributed by atoms with van der Waals surface area (Å²) in [5.74, 6) is 1.29. The second-order valence-electron chi connectivity index (χ2n) is 6.60. The summed E-state index contributed by atoms with van der Waals surface area (Å²) in [6.45, 7) is 6.42. The van der Waals surface area contributed by atoms with Crippen LogP contribution in [0.3, 0.4) is 0 Å². The van der Waals surface area contributed by atoms with Crippen molar-refractivity contribution in [3.63, 3.8) is 0 Å². The van der Waals surface area contributed by atoms with Crippen molar-refractivity contribution in [2.24, 2.45) is 11.8 Å². The minimum atomic E-state index is 0.211. The number of hydrogen-bond acceptors (Lipinski definition) is 1. The van der Waals surface area contributed by atoms with Gasteiger partial charge in [-0.05, 0) is 62.6 Å². The third kappa shape index (κ3) is 4.33. The Labute approximate surface area is 129 Å². The molecule has 1 aromatic carbocycles. The lowest BCUT2D eigenvalue weighted by atomic mass is 9.79. The molecule has 0 aliphatic heterocycles. The van der Waals surface area contributed by atoms with Gasteiger partial charge in [-0.1, -0.05) is 38.3 Å². The van der Waals surface area contributed by atoms with Gasteiger partial charge in [0.1, 0.15) is 0 Å². The number of carbonyl (C=O) groups excluding carboxylic acids is 1. The van der Waals surface area contributed by atoms with E-state index >= 15 is 0 Å². The van der Waals surface area contributed by atoms with E-state index < -0.39 is 0 Å². The van der Waals surface area contributed by atoms with Gasteiger partial charge < -0.3 is 5.32 Å². The van der Waals surface area contributed by atoms with Crippen LogP contribution in [0.2, 0.25) is 0 Å². The van der Waals surface area contributed by atoms with Crippen molar-refractivity contribution >= 4 is 11.6 Å². The average molecular weight is 287 g/mol. The Bertz CT molecular complexity index is 472. The van der Waals surface area contributed by atoms with Crippen molar-refractivity contribution < 1.29 is 4.79 Å². The Morgan fingerprint density at radius 3 is 2.57 bits per heavy atom. The van der Waals surface area contributed by atoms with Crippen LogP contribution >= 0.6 is 0 Å². The highest BCUT2D eigenvalue weighted by atomic mass is 16.1. The number of carbonyl (C=O) groups is 1. The van der Waals surface area contributed by atoms with E-state index in [1.165, 1.54) is 43.2 Å². The number of rotatable bonds is 5. The Hall–Kier alpha value is -1.31. The van der Waals surface area contributed by atoms with E-state index in [0.717, 1.165) is 24.4 Å². The predicted molar refractivity (Wildman–Crippen MR) is 89.5 cm³/mol. The number of aryl methyl sites for hydroxylation is 1. The van der Waals surface area contributed by atoms with E-state index in [1.807, 2.05) is 12.1 Å². The number of benzene rings is 1. The highest BCUT2D eigenvalue weighted by Crippen LogP contribution is 2.32. The lowest BCUT2D eigenvalue weighted by Gasteiger charge is -2.28. The maximum absolute atomic E-state index is 12.4. The Morgan fingerprint density at radius 1 is 1.19 bits per heavy atom. The van der Waals surface area contributed by atoms with Gasteiger partial charge in [-0.15, -0.1) is 0 Å². The van der Waals surface area contributed by atoms with E-state index in [2.05, 4.69) is 32.2 Å². The molecule has 21 heavy (non-hydrogen) atoms. The number of unbranched alkanes of at least 4 members (excludes halogenated alkanes) is 1. The van der Waals surface area contributed by atoms with Crippen LogP contribution in [-0.4, -0.2) is 5.91 Å². The van der Waals surface area contributed by atoms with Gasteiger partial charge in [0, 0.05) is 11.6 Å². The zero-order valence-electron chi connectivity index (χ0n) is 13.7. The lowest BCUT2D eigenvalue weighted by molar-refractivity contribution is -0.121. The molecule has 1 aromatic rings. The Morgan fingerprint density at radius 2 is 1.90 bits per heavy atom. The molecule has 0 radical (unpaired) electrons. The topological polar surface area (TPSA) is 29.1 Å². The fraction of sp³-hybridized carbons (Fsp3) is 0.632. The maximum Gasteiger partial charge on any atom is 0.227 e. The molecular weight excluding hydrogens is 258 g/mol. The van der Waals surface area contributed by atoms with Gasteiger partial charge in [0.15, 0.2) is 0 Å². The lowest BCUT2D eigenvalue weighted by Crippen LogP contribution is -2.27. The zero-order valence-corrected chi connectivity index (χ0v) is 13.7. The van der Waals surface area contributed by atoms with Gasteiger partial charge in [0.05, 0.1) is 0 Å². The summed E-state index contributed by atoms with van der Waals surface area (Å²) in [5.41, 5.74) is 3.40. The fourth-order valence-electron chi connectivity index (χ4n) is 3.33. The van der Waals surface area contributed by atoms with Crippen molar-refractivity contribution in [3.05, 3.63) is 29.3 Å². The maximum atomic E-state index is 12.4. The van der Waals surface area contributed by atoms with Gasteiger partial charge in [-0.3, -0.25) is 4.79 Å². The first kappa shape index (κ1) is 16.1. The third-order valence-corrected chi connectivity index (χ3v) is 5.05. The largest absolute Gasteiger partial charge is 0.326 e. The van der Waals surface area contributed by atoms with Crippen molar-refractivity contribution in [2.45, 2.75) is 65.7 Å². The van der Waals surface area contributed by atoms with Gasteiger partial charge in [-0.2, -0.15) is 0 Å². The monoisotopic (exact) mass is 287 g/mol. The molecule has 0 spiro atoms. The quantitative estimate of drug-likeness (QED) is 0.788. The van der Waals surface area contributed by atoms with Crippen LogP contribution in [0.1, 0.15) is 63.0 Å². The van der Waals surface area contributed by atoms with Crippen molar-refractivity contribution in [2.75, 3.05) is 5.32 Å². The molecule has 1 aliphatic carbocycles. The van der Waals surface area contributed by atoms with Crippen LogP contribution in [0.5, 0.6) is 0 Å². The van der Waals surface area contributed by atoms with Crippen LogP contribution in [0, 0.1) is 25.7 Å². The molecule has 1 amide bonds. The smallest absolute Gasteiger partial charge is 0.227 e. The molecule has 1 N–H and O–H groups in total. The SMILES string of the molecule is CCCCC1CCC(C(=O)Nc2cccc(C)c2C)CC1. The molecule has 2 rings (SSSR count). The summed E-state index contributed by atoms with van der Waals surface area (Å²) in [5, 5.41) is 3.14. The molecular formula is C19H29NO. The molecule has 0 bridgehead atoms. The second kappa shape index (κ2) is 7.63. The van der Waals surface area contributed by atoms with Crippen LogP contribution in [0.4, 0.5) is 5.69 Å². The summed E-state index contributed by atoms with van der Waals surface area (Å²) in [6, 6.07) is 6.11. The van der Waals surface area contributed by atoms with Crippen molar-refractivity contribution in [1.82, 2.24) is 0 Å². The number of amides is 1. The first-order chi connectivity index (χ1) is 10.1. The summed E-state index contributed by atoms with van der Waals surface area (Å²) in [7, 11) is 0. The molecule has 0 atom stereocenters. The first-order valence-electron chi connectivity index (χ1n) is 8.49. The molecule has 1 aliphatic rings. The zero-order chi connectivity index (χ0) is 15.2. The van der Waals surface area contributed by atoms with Crippen LogP contribution in [0.25, 0.3) is 0 Å². The fourth-order valence-corrected chi connectivity index (χ4v) is 3.33. The van der Waals surface area contributed by atoms with Gasteiger partial charge >= 0.3 is 0 Å². The number of hydrogen-bond donors (Lipinski definition) is 1. The highest BCUT2D eigenvalue weighted by molar-refractivity contribution is 5.93. The standard InChI is InChI=1S/C19H29NO/c1-4-5-8-16-10-12-17(13-11-16)19(21)20-18-9-6-7-14(2)15(18)3/h6-7,9,16-17H,4-5,8,10-13H2,1-3H3,(H,20,21). The minimum Gasteiger partial charge on any atom is -0.326 e. The number of anilines is 1. The van der Waals surface area contributed by atoms with Crippen LogP contribution in [0.15, 0.2) is 18.2 Å². The molecule has 1 saturated carbocycles. The van der Waals surface area contributed by atoms with E-state index in [0.29, 0.717) is 0 Å². The molecule has 1 fully saturated rings. The summed E-state index contributed by atoms with van der Waals surface area (Å²) >= 11 is 0. The molecule has 2 nitrogen and oxygen atoms in total. The summed E-state index contributed by atoms with van der Waals surface area (Å²) in [4.78, 5) is 12.4. The van der Waals surface area contributed by atoms with E-state index in [-0.39, 0.29) is 11.8 Å². The van der Waals surface area contributed by atoms with Crippen LogP contribution < -0.4 is 5.32 Å². The Balaban J connectivity index is 1.86. The van der Waals surface area contributed by atoms with E-state index in [1.54, 1.807) is 0 Å². The predicted octanol–water partition coefficient (Wildman–Crippen LogP) is 5.24. The molecule has 116 valence electrons. The molecule has 2 heteroatoms. The third-order valence-electron chi connectivity index (χ3n) is 5.05. The van der Waals surface area contributed by atoms with E-state index in [4.69, 9.17) is 0 Å².